The molecule has 1 aromatic heterocycles. The summed E-state index contributed by atoms with van der Waals surface area (Å²) in [6.45, 7) is 0.997. The third kappa shape index (κ3) is 2.19. The summed E-state index contributed by atoms with van der Waals surface area (Å²) in [5.41, 5.74) is 1.78. The van der Waals surface area contributed by atoms with E-state index in [0.29, 0.717) is 17.1 Å². The highest BCUT2D eigenvalue weighted by atomic mass is 16.7. The molecule has 0 bridgehead atoms. The predicted octanol–water partition coefficient (Wildman–Crippen LogP) is 2.79. The number of aromatic nitrogens is 1. The van der Waals surface area contributed by atoms with Gasteiger partial charge >= 0.3 is 0 Å². The first-order valence-corrected chi connectivity index (χ1v) is 7.43. The lowest BCUT2D eigenvalue weighted by Crippen LogP contribution is -2.30. The number of carbonyl (C=O) groups is 1. The number of benzene rings is 1. The Morgan fingerprint density at radius 2 is 1.95 bits per heavy atom. The average molecular weight is 296 g/mol. The zero-order valence-corrected chi connectivity index (χ0v) is 12.1. The van der Waals surface area contributed by atoms with Crippen LogP contribution < -0.4 is 9.47 Å². The van der Waals surface area contributed by atoms with Crippen LogP contribution in [0.25, 0.3) is 0 Å². The van der Waals surface area contributed by atoms with Crippen LogP contribution in [0.2, 0.25) is 0 Å². The molecule has 0 aliphatic carbocycles. The van der Waals surface area contributed by atoms with Gasteiger partial charge in [-0.25, -0.2) is 0 Å². The molecule has 4 rings (SSSR count). The summed E-state index contributed by atoms with van der Waals surface area (Å²) in [6.07, 6.45) is 5.55. The van der Waals surface area contributed by atoms with Crippen molar-refractivity contribution < 1.29 is 14.3 Å². The number of carbonyl (C=O) groups excluding carboxylic acids is 1. The molecule has 0 radical (unpaired) electrons. The van der Waals surface area contributed by atoms with E-state index in [4.69, 9.17) is 9.47 Å². The third-order valence-corrected chi connectivity index (χ3v) is 4.22. The van der Waals surface area contributed by atoms with E-state index in [1.807, 2.05) is 17.0 Å². The SMILES string of the molecule is O=C(c1ccc2c(c1)OCO2)N1CCCC1c1ccncc1. The first-order chi connectivity index (χ1) is 10.8. The van der Waals surface area contributed by atoms with Gasteiger partial charge in [0.15, 0.2) is 11.5 Å². The van der Waals surface area contributed by atoms with E-state index in [1.54, 1.807) is 30.6 Å². The van der Waals surface area contributed by atoms with Gasteiger partial charge in [-0.2, -0.15) is 0 Å². The lowest BCUT2D eigenvalue weighted by atomic mass is 10.1. The molecule has 3 heterocycles. The molecule has 0 spiro atoms. The van der Waals surface area contributed by atoms with Crippen molar-refractivity contribution in [2.45, 2.75) is 18.9 Å². The van der Waals surface area contributed by atoms with E-state index in [0.717, 1.165) is 24.9 Å². The van der Waals surface area contributed by atoms with E-state index in [-0.39, 0.29) is 18.7 Å². The molecular weight excluding hydrogens is 280 g/mol. The Morgan fingerprint density at radius 3 is 2.82 bits per heavy atom. The number of hydrogen-bond acceptors (Lipinski definition) is 4. The van der Waals surface area contributed by atoms with Gasteiger partial charge < -0.3 is 14.4 Å². The summed E-state index contributed by atoms with van der Waals surface area (Å²) >= 11 is 0. The summed E-state index contributed by atoms with van der Waals surface area (Å²) in [7, 11) is 0. The highest BCUT2D eigenvalue weighted by molar-refractivity contribution is 5.95. The second-order valence-corrected chi connectivity index (χ2v) is 5.51. The van der Waals surface area contributed by atoms with Crippen molar-refractivity contribution in [1.82, 2.24) is 9.88 Å². The number of ether oxygens (including phenoxy) is 2. The van der Waals surface area contributed by atoms with Gasteiger partial charge in [0.2, 0.25) is 6.79 Å². The molecule has 1 fully saturated rings. The zero-order chi connectivity index (χ0) is 14.9. The Bertz CT molecular complexity index is 702. The third-order valence-electron chi connectivity index (χ3n) is 4.22. The van der Waals surface area contributed by atoms with Gasteiger partial charge in [0.1, 0.15) is 0 Å². The molecule has 0 saturated carbocycles. The van der Waals surface area contributed by atoms with Crippen molar-refractivity contribution in [1.29, 1.82) is 0 Å². The summed E-state index contributed by atoms with van der Waals surface area (Å²) in [4.78, 5) is 18.8. The Morgan fingerprint density at radius 1 is 1.14 bits per heavy atom. The van der Waals surface area contributed by atoms with E-state index in [2.05, 4.69) is 4.98 Å². The van der Waals surface area contributed by atoms with Gasteiger partial charge in [-0.15, -0.1) is 0 Å². The summed E-state index contributed by atoms with van der Waals surface area (Å²) in [5, 5.41) is 0. The minimum atomic E-state index is 0.0395. The molecule has 5 heteroatoms. The van der Waals surface area contributed by atoms with Crippen LogP contribution in [0, 0.1) is 0 Å². The van der Waals surface area contributed by atoms with Crippen LogP contribution in [0.3, 0.4) is 0 Å². The van der Waals surface area contributed by atoms with Crippen molar-refractivity contribution in [2.75, 3.05) is 13.3 Å². The first kappa shape index (κ1) is 13.1. The van der Waals surface area contributed by atoms with Crippen LogP contribution in [0.15, 0.2) is 42.7 Å². The lowest BCUT2D eigenvalue weighted by molar-refractivity contribution is 0.0735. The van der Waals surface area contributed by atoms with Gasteiger partial charge in [0.25, 0.3) is 5.91 Å². The molecule has 5 nitrogen and oxygen atoms in total. The number of fused-ring (bicyclic) bond motifs is 1. The van der Waals surface area contributed by atoms with Crippen LogP contribution in [0.5, 0.6) is 11.5 Å². The van der Waals surface area contributed by atoms with Gasteiger partial charge in [0.05, 0.1) is 6.04 Å². The molecule has 112 valence electrons. The Labute approximate surface area is 128 Å². The highest BCUT2D eigenvalue weighted by Gasteiger charge is 2.31. The van der Waals surface area contributed by atoms with E-state index < -0.39 is 0 Å². The standard InChI is InChI=1S/C17H16N2O3/c20-17(13-3-4-15-16(10-13)22-11-21-15)19-9-1-2-14(19)12-5-7-18-8-6-12/h3-8,10,14H,1-2,9,11H2. The van der Waals surface area contributed by atoms with E-state index in [9.17, 15) is 4.79 Å². The van der Waals surface area contributed by atoms with E-state index in [1.165, 1.54) is 0 Å². The first-order valence-electron chi connectivity index (χ1n) is 7.43. The monoisotopic (exact) mass is 296 g/mol. The number of hydrogen-bond donors (Lipinski definition) is 0. The minimum Gasteiger partial charge on any atom is -0.454 e. The smallest absolute Gasteiger partial charge is 0.254 e. The fourth-order valence-corrected chi connectivity index (χ4v) is 3.14. The topological polar surface area (TPSA) is 51.7 Å². The molecule has 1 saturated heterocycles. The number of amides is 1. The van der Waals surface area contributed by atoms with Crippen molar-refractivity contribution in [3.63, 3.8) is 0 Å². The molecule has 1 aromatic carbocycles. The van der Waals surface area contributed by atoms with Crippen LogP contribution in [-0.4, -0.2) is 29.1 Å². The van der Waals surface area contributed by atoms with Crippen molar-refractivity contribution in [3.05, 3.63) is 53.9 Å². The molecule has 1 atom stereocenters. The van der Waals surface area contributed by atoms with Crippen molar-refractivity contribution in [2.24, 2.45) is 0 Å². The normalized spacial score (nSPS) is 19.5. The Balaban J connectivity index is 1.62. The maximum atomic E-state index is 12.8. The largest absolute Gasteiger partial charge is 0.454 e. The Kier molecular flexibility index (Phi) is 3.18. The number of nitrogens with zero attached hydrogens (tertiary/aromatic N) is 2. The van der Waals surface area contributed by atoms with Gasteiger partial charge in [-0.1, -0.05) is 0 Å². The molecule has 1 amide bonds. The van der Waals surface area contributed by atoms with Crippen molar-refractivity contribution in [3.8, 4) is 11.5 Å². The van der Waals surface area contributed by atoms with Crippen molar-refractivity contribution >= 4 is 5.91 Å². The molecule has 2 aliphatic heterocycles. The highest BCUT2D eigenvalue weighted by Crippen LogP contribution is 2.36. The van der Waals surface area contributed by atoms with Gasteiger partial charge in [-0.3, -0.25) is 9.78 Å². The van der Waals surface area contributed by atoms with Crippen LogP contribution in [0.1, 0.15) is 34.8 Å². The predicted molar refractivity (Wildman–Crippen MR) is 79.8 cm³/mol. The maximum absolute atomic E-state index is 12.8. The lowest BCUT2D eigenvalue weighted by Gasteiger charge is -2.25. The fourth-order valence-electron chi connectivity index (χ4n) is 3.14. The molecule has 2 aromatic rings. The van der Waals surface area contributed by atoms with Gasteiger partial charge in [0, 0.05) is 24.5 Å². The fraction of sp³-hybridized carbons (Fsp3) is 0.294. The average Bonchev–Trinajstić information content (AvgIpc) is 3.23. The molecular formula is C17H16N2O3. The summed E-state index contributed by atoms with van der Waals surface area (Å²) in [5.74, 6) is 1.38. The van der Waals surface area contributed by atoms with E-state index >= 15 is 0 Å². The summed E-state index contributed by atoms with van der Waals surface area (Å²) in [6, 6.07) is 9.46. The zero-order valence-electron chi connectivity index (χ0n) is 12.1. The minimum absolute atomic E-state index is 0.0395. The molecule has 1 unspecified atom stereocenters. The number of pyridine rings is 1. The molecule has 0 N–H and O–H groups in total. The van der Waals surface area contributed by atoms with Crippen LogP contribution >= 0.6 is 0 Å². The maximum Gasteiger partial charge on any atom is 0.254 e. The van der Waals surface area contributed by atoms with Crippen LogP contribution in [-0.2, 0) is 0 Å². The number of rotatable bonds is 2. The number of likely N-dealkylation sites (tertiary alicyclic amines) is 1. The van der Waals surface area contributed by atoms with Crippen LogP contribution in [0.4, 0.5) is 0 Å². The Hall–Kier alpha value is -2.56. The summed E-state index contributed by atoms with van der Waals surface area (Å²) < 4.78 is 10.7. The molecule has 2 aliphatic rings. The quantitative estimate of drug-likeness (QED) is 0.855. The molecule has 22 heavy (non-hydrogen) atoms. The van der Waals surface area contributed by atoms with Gasteiger partial charge in [-0.05, 0) is 48.7 Å². The second kappa shape index (κ2) is 5.33. The second-order valence-electron chi connectivity index (χ2n) is 5.51.